The maximum absolute atomic E-state index is 12.2. The summed E-state index contributed by atoms with van der Waals surface area (Å²) in [7, 11) is 0. The highest BCUT2D eigenvalue weighted by Crippen LogP contribution is 2.66. The number of nitrogens with zero attached hydrogens (tertiary/aromatic N) is 1. The van der Waals surface area contributed by atoms with Crippen LogP contribution in [0.1, 0.15) is 78.2 Å². The third kappa shape index (κ3) is 4.51. The van der Waals surface area contributed by atoms with Gasteiger partial charge in [-0.05, 0) is 85.0 Å². The van der Waals surface area contributed by atoms with Gasteiger partial charge in [-0.2, -0.15) is 0 Å². The van der Waals surface area contributed by atoms with Crippen molar-refractivity contribution in [3.63, 3.8) is 0 Å². The molecule has 0 aliphatic heterocycles. The summed E-state index contributed by atoms with van der Waals surface area (Å²) in [6.07, 6.45) is 10.9. The zero-order chi connectivity index (χ0) is 26.5. The van der Waals surface area contributed by atoms with Crippen LogP contribution in [0.5, 0.6) is 0 Å². The van der Waals surface area contributed by atoms with Crippen LogP contribution in [-0.2, 0) is 19.1 Å². The molecule has 4 aliphatic rings. The van der Waals surface area contributed by atoms with Gasteiger partial charge in [-0.15, -0.1) is 0 Å². The molecule has 0 spiro atoms. The molecule has 5 rings (SSSR count). The lowest BCUT2D eigenvalue weighted by atomic mass is 9.48. The van der Waals surface area contributed by atoms with Gasteiger partial charge in [-0.25, -0.2) is 0 Å². The Morgan fingerprint density at radius 3 is 2.35 bits per heavy atom. The van der Waals surface area contributed by atoms with E-state index in [4.69, 9.17) is 9.47 Å². The third-order valence-corrected chi connectivity index (χ3v) is 9.96. The molecule has 1 unspecified atom stereocenters. The number of rotatable bonds is 4. The molecule has 7 heteroatoms. The number of hydrogen-bond donors (Lipinski definition) is 0. The Morgan fingerprint density at radius 1 is 1.00 bits per heavy atom. The number of esters is 2. The van der Waals surface area contributed by atoms with Gasteiger partial charge in [0.25, 0.3) is 5.69 Å². The van der Waals surface area contributed by atoms with Crippen molar-refractivity contribution in [2.75, 3.05) is 0 Å². The molecule has 1 aromatic carbocycles. The molecule has 0 radical (unpaired) electrons. The predicted octanol–water partition coefficient (Wildman–Crippen LogP) is 6.41. The molecule has 0 saturated heterocycles. The average Bonchev–Trinajstić information content (AvgIpc) is 3.10. The Labute approximate surface area is 218 Å². The summed E-state index contributed by atoms with van der Waals surface area (Å²) in [5, 5.41) is 11.1. The van der Waals surface area contributed by atoms with Gasteiger partial charge in [0.15, 0.2) is 0 Å². The molecule has 0 amide bonds. The number of ether oxygens (including phenoxy) is 2. The van der Waals surface area contributed by atoms with Crippen LogP contribution in [0.15, 0.2) is 41.5 Å². The first-order valence-electron chi connectivity index (χ1n) is 13.5. The van der Waals surface area contributed by atoms with E-state index >= 15 is 0 Å². The van der Waals surface area contributed by atoms with Gasteiger partial charge >= 0.3 is 11.9 Å². The van der Waals surface area contributed by atoms with Gasteiger partial charge in [0.2, 0.25) is 0 Å². The molecule has 0 bridgehead atoms. The number of nitro benzene ring substituents is 1. The van der Waals surface area contributed by atoms with E-state index in [1.54, 1.807) is 12.1 Å². The van der Waals surface area contributed by atoms with E-state index in [9.17, 15) is 19.7 Å². The molecular formula is C30H37NO6. The Morgan fingerprint density at radius 2 is 1.70 bits per heavy atom. The molecule has 3 fully saturated rings. The Balaban J connectivity index is 1.45. The largest absolute Gasteiger partial charge is 0.462 e. The molecule has 3 saturated carbocycles. The second-order valence-corrected chi connectivity index (χ2v) is 12.0. The summed E-state index contributed by atoms with van der Waals surface area (Å²) in [6.45, 7) is 7.66. The predicted molar refractivity (Wildman–Crippen MR) is 139 cm³/mol. The highest BCUT2D eigenvalue weighted by molar-refractivity contribution is 5.68. The molecule has 7 atom stereocenters. The van der Waals surface area contributed by atoms with Crippen molar-refractivity contribution >= 4 is 23.7 Å². The van der Waals surface area contributed by atoms with Crippen molar-refractivity contribution in [1.29, 1.82) is 0 Å². The Bertz CT molecular complexity index is 1170. The van der Waals surface area contributed by atoms with Crippen LogP contribution in [0.2, 0.25) is 0 Å². The zero-order valence-corrected chi connectivity index (χ0v) is 22.2. The normalized spacial score (nSPS) is 37.6. The highest BCUT2D eigenvalue weighted by atomic mass is 16.6. The maximum Gasteiger partial charge on any atom is 0.303 e. The summed E-state index contributed by atoms with van der Waals surface area (Å²) in [6, 6.07) is 6.57. The van der Waals surface area contributed by atoms with E-state index in [1.807, 2.05) is 0 Å². The van der Waals surface area contributed by atoms with Crippen LogP contribution in [0, 0.1) is 38.7 Å². The van der Waals surface area contributed by atoms with Crippen LogP contribution < -0.4 is 0 Å². The molecule has 7 nitrogen and oxygen atoms in total. The summed E-state index contributed by atoms with van der Waals surface area (Å²) in [5.74, 6) is 0.969. The number of non-ortho nitro benzene ring substituents is 1. The van der Waals surface area contributed by atoms with Crippen LogP contribution in [0.4, 0.5) is 5.69 Å². The monoisotopic (exact) mass is 507 g/mol. The van der Waals surface area contributed by atoms with Gasteiger partial charge < -0.3 is 9.47 Å². The van der Waals surface area contributed by atoms with Crippen molar-refractivity contribution in [1.82, 2.24) is 0 Å². The van der Waals surface area contributed by atoms with Crippen LogP contribution in [0.25, 0.3) is 6.08 Å². The van der Waals surface area contributed by atoms with Gasteiger partial charge in [0.1, 0.15) is 12.2 Å². The molecule has 1 aromatic rings. The van der Waals surface area contributed by atoms with Crippen LogP contribution in [-0.4, -0.2) is 29.1 Å². The lowest BCUT2D eigenvalue weighted by molar-refractivity contribution is -0.384. The maximum atomic E-state index is 12.2. The number of carbonyl (C=O) groups excluding carboxylic acids is 2. The van der Waals surface area contributed by atoms with Gasteiger partial charge in [-0.1, -0.05) is 31.6 Å². The number of allylic oxidation sites excluding steroid dienone is 1. The topological polar surface area (TPSA) is 95.7 Å². The van der Waals surface area contributed by atoms with E-state index in [1.165, 1.54) is 31.6 Å². The number of hydrogen-bond acceptors (Lipinski definition) is 6. The van der Waals surface area contributed by atoms with Crippen molar-refractivity contribution in [2.24, 2.45) is 28.6 Å². The van der Waals surface area contributed by atoms with Crippen molar-refractivity contribution < 1.29 is 24.0 Å². The molecule has 0 aromatic heterocycles. The third-order valence-electron chi connectivity index (χ3n) is 9.96. The second-order valence-electron chi connectivity index (χ2n) is 12.0. The fourth-order valence-corrected chi connectivity index (χ4v) is 8.22. The smallest absolute Gasteiger partial charge is 0.303 e. The molecular weight excluding hydrogens is 470 g/mol. The van der Waals surface area contributed by atoms with Gasteiger partial charge in [0, 0.05) is 37.8 Å². The average molecular weight is 508 g/mol. The first kappa shape index (κ1) is 25.7. The van der Waals surface area contributed by atoms with E-state index in [0.717, 1.165) is 56.1 Å². The number of fused-ring (bicyclic) bond motifs is 5. The van der Waals surface area contributed by atoms with Crippen molar-refractivity contribution in [3.05, 3.63) is 57.2 Å². The number of carbonyl (C=O) groups is 2. The minimum absolute atomic E-state index is 0.0155. The minimum Gasteiger partial charge on any atom is -0.462 e. The standard InChI is InChI=1S/C30H37NO6/c1-18(32)36-24-11-13-29(3)22(17-24)7-10-25-26(29)12-14-30(4)27(25)16-21(28(30)37-19(2)33)15-20-5-8-23(9-6-20)31(34)35/h5-9,15,24-28H,10-14,16-17H2,1-4H3/t24-,25+,26-,27-,28?,29-,30-/m0/s1. The van der Waals surface area contributed by atoms with Gasteiger partial charge in [0.05, 0.1) is 4.92 Å². The summed E-state index contributed by atoms with van der Waals surface area (Å²) in [5.41, 5.74) is 3.48. The Kier molecular flexibility index (Phi) is 6.53. The van der Waals surface area contributed by atoms with E-state index < -0.39 is 4.92 Å². The molecule has 4 aliphatic carbocycles. The first-order chi connectivity index (χ1) is 17.5. The van der Waals surface area contributed by atoms with E-state index in [-0.39, 0.29) is 40.7 Å². The first-order valence-corrected chi connectivity index (χ1v) is 13.5. The van der Waals surface area contributed by atoms with Crippen LogP contribution in [0.3, 0.4) is 0 Å². The SMILES string of the molecule is CC(=O)OC1C(=Cc2ccc([N+](=O)[O-])cc2)C[C@H]2[C@@H]3CC=C4C[C@@H](OC(C)=O)CC[C@]4(C)[C@H]3CC[C@]12C. The van der Waals surface area contributed by atoms with Crippen LogP contribution >= 0.6 is 0 Å². The van der Waals surface area contributed by atoms with Crippen molar-refractivity contribution in [3.8, 4) is 0 Å². The summed E-state index contributed by atoms with van der Waals surface area (Å²) in [4.78, 5) is 34.4. The highest BCUT2D eigenvalue weighted by Gasteiger charge is 2.61. The molecule has 198 valence electrons. The summed E-state index contributed by atoms with van der Waals surface area (Å²) >= 11 is 0. The van der Waals surface area contributed by atoms with E-state index in [0.29, 0.717) is 17.8 Å². The number of benzene rings is 1. The Hall–Kier alpha value is -2.96. The fraction of sp³-hybridized carbons (Fsp3) is 0.600. The fourth-order valence-electron chi connectivity index (χ4n) is 8.22. The lowest BCUT2D eigenvalue weighted by Gasteiger charge is -2.57. The van der Waals surface area contributed by atoms with Gasteiger partial charge in [-0.3, -0.25) is 19.7 Å². The molecule has 37 heavy (non-hydrogen) atoms. The number of nitro groups is 1. The minimum atomic E-state index is -0.394. The molecule has 0 heterocycles. The summed E-state index contributed by atoms with van der Waals surface area (Å²) < 4.78 is 11.6. The zero-order valence-electron chi connectivity index (χ0n) is 22.2. The van der Waals surface area contributed by atoms with E-state index in [2.05, 4.69) is 26.0 Å². The van der Waals surface area contributed by atoms with Crippen molar-refractivity contribution in [2.45, 2.75) is 84.8 Å². The lowest BCUT2D eigenvalue weighted by Crippen LogP contribution is -2.51. The second kappa shape index (κ2) is 9.41. The quantitative estimate of drug-likeness (QED) is 0.202. The molecule has 0 N–H and O–H groups in total.